The Bertz CT molecular complexity index is 985. The molecule has 2 aromatic rings. The first kappa shape index (κ1) is 23.8. The molecule has 2 amide bonds. The van der Waals surface area contributed by atoms with E-state index in [0.29, 0.717) is 17.4 Å². The molecule has 0 radical (unpaired) electrons. The molecule has 1 saturated carbocycles. The van der Waals surface area contributed by atoms with Gasteiger partial charge in [0.1, 0.15) is 11.5 Å². The number of nitrogens with two attached hydrogens (primary N) is 2. The molecule has 1 aliphatic carbocycles. The molecule has 1 aliphatic rings. The van der Waals surface area contributed by atoms with E-state index in [4.69, 9.17) is 20.9 Å². The maximum Gasteiger partial charge on any atom is 0.255 e. The van der Waals surface area contributed by atoms with E-state index in [1.807, 2.05) is 36.4 Å². The number of allylic oxidation sites excluding steroid dienone is 2. The summed E-state index contributed by atoms with van der Waals surface area (Å²) in [6.07, 6.45) is 6.26. The van der Waals surface area contributed by atoms with Crippen LogP contribution in [0.4, 0.5) is 0 Å². The second-order valence-electron chi connectivity index (χ2n) is 8.00. The molecule has 3 rings (SSSR count). The van der Waals surface area contributed by atoms with E-state index in [9.17, 15) is 14.4 Å². The first-order valence-electron chi connectivity index (χ1n) is 10.8. The monoisotopic (exact) mass is 448 g/mol. The average molecular weight is 449 g/mol. The summed E-state index contributed by atoms with van der Waals surface area (Å²) >= 11 is 0. The van der Waals surface area contributed by atoms with Crippen LogP contribution in [0.15, 0.2) is 59.7 Å². The fourth-order valence-corrected chi connectivity index (χ4v) is 3.66. The second kappa shape index (κ2) is 11.1. The van der Waals surface area contributed by atoms with Crippen LogP contribution >= 0.6 is 0 Å². The summed E-state index contributed by atoms with van der Waals surface area (Å²) in [6, 6.07) is 14.4. The van der Waals surface area contributed by atoms with E-state index in [1.165, 1.54) is 0 Å². The van der Waals surface area contributed by atoms with Crippen molar-refractivity contribution in [1.82, 2.24) is 0 Å². The second-order valence-corrected chi connectivity index (χ2v) is 8.00. The largest absolute Gasteiger partial charge is 0.484 e. The number of ketones is 1. The molecule has 33 heavy (non-hydrogen) atoms. The van der Waals surface area contributed by atoms with Crippen molar-refractivity contribution in [3.05, 3.63) is 70.8 Å². The zero-order chi connectivity index (χ0) is 23.8. The first-order chi connectivity index (χ1) is 15.8. The third kappa shape index (κ3) is 7.07. The number of amides is 2. The summed E-state index contributed by atoms with van der Waals surface area (Å²) in [5.74, 6) is 0.445. The van der Waals surface area contributed by atoms with Crippen molar-refractivity contribution < 1.29 is 23.9 Å². The third-order valence-electron chi connectivity index (χ3n) is 5.38. The number of ether oxygens (including phenoxy) is 2. The van der Waals surface area contributed by atoms with Crippen LogP contribution < -0.4 is 20.9 Å². The SMILES string of the molecule is CCC1CC(=Cc2ccc(OCC(N)=O)cc2)C(=O)C(=Cc2ccc(OCC(N)=O)cc2)C1. The Hall–Kier alpha value is -3.87. The minimum absolute atomic E-state index is 0.0443. The summed E-state index contributed by atoms with van der Waals surface area (Å²) in [5.41, 5.74) is 13.5. The van der Waals surface area contributed by atoms with Crippen LogP contribution in [0.3, 0.4) is 0 Å². The van der Waals surface area contributed by atoms with Crippen LogP contribution in [0.2, 0.25) is 0 Å². The molecule has 172 valence electrons. The van der Waals surface area contributed by atoms with Gasteiger partial charge in [-0.05, 0) is 66.3 Å². The molecule has 1 fully saturated rings. The highest BCUT2D eigenvalue weighted by atomic mass is 16.5. The Kier molecular flexibility index (Phi) is 8.02. The smallest absolute Gasteiger partial charge is 0.255 e. The van der Waals surface area contributed by atoms with Gasteiger partial charge in [0.25, 0.3) is 11.8 Å². The van der Waals surface area contributed by atoms with Crippen molar-refractivity contribution in [1.29, 1.82) is 0 Å². The van der Waals surface area contributed by atoms with Crippen molar-refractivity contribution in [3.63, 3.8) is 0 Å². The van der Waals surface area contributed by atoms with E-state index in [2.05, 4.69) is 6.92 Å². The molecule has 7 heteroatoms. The molecule has 0 aromatic heterocycles. The predicted molar refractivity (Wildman–Crippen MR) is 126 cm³/mol. The van der Waals surface area contributed by atoms with Gasteiger partial charge in [-0.25, -0.2) is 0 Å². The molecule has 0 aliphatic heterocycles. The highest BCUT2D eigenvalue weighted by Crippen LogP contribution is 2.34. The minimum atomic E-state index is -0.535. The lowest BCUT2D eigenvalue weighted by Crippen LogP contribution is -2.20. The van der Waals surface area contributed by atoms with Crippen LogP contribution in [0.5, 0.6) is 11.5 Å². The number of rotatable bonds is 9. The van der Waals surface area contributed by atoms with E-state index in [0.717, 1.165) is 41.5 Å². The van der Waals surface area contributed by atoms with Gasteiger partial charge in [0.2, 0.25) is 0 Å². The van der Waals surface area contributed by atoms with Crippen molar-refractivity contribution in [3.8, 4) is 11.5 Å². The number of benzene rings is 2. The summed E-state index contributed by atoms with van der Waals surface area (Å²) < 4.78 is 10.6. The summed E-state index contributed by atoms with van der Waals surface area (Å²) in [4.78, 5) is 34.9. The van der Waals surface area contributed by atoms with Crippen molar-refractivity contribution in [2.75, 3.05) is 13.2 Å². The van der Waals surface area contributed by atoms with Crippen LogP contribution in [0.1, 0.15) is 37.3 Å². The van der Waals surface area contributed by atoms with Gasteiger partial charge in [0.05, 0.1) is 0 Å². The predicted octanol–water partition coefficient (Wildman–Crippen LogP) is 3.27. The van der Waals surface area contributed by atoms with Gasteiger partial charge in [-0.15, -0.1) is 0 Å². The Morgan fingerprint density at radius 3 is 1.55 bits per heavy atom. The maximum atomic E-state index is 13.2. The first-order valence-corrected chi connectivity index (χ1v) is 10.8. The van der Waals surface area contributed by atoms with Crippen LogP contribution in [0.25, 0.3) is 12.2 Å². The molecule has 0 atom stereocenters. The molecule has 4 N–H and O–H groups in total. The average Bonchev–Trinajstić information content (AvgIpc) is 2.80. The van der Waals surface area contributed by atoms with Gasteiger partial charge in [0.15, 0.2) is 19.0 Å². The highest BCUT2D eigenvalue weighted by Gasteiger charge is 2.26. The molecule has 7 nitrogen and oxygen atoms in total. The number of hydrogen-bond donors (Lipinski definition) is 2. The molecule has 0 heterocycles. The number of carbonyl (C=O) groups is 3. The van der Waals surface area contributed by atoms with Gasteiger partial charge in [-0.3, -0.25) is 14.4 Å². The van der Waals surface area contributed by atoms with Gasteiger partial charge >= 0.3 is 0 Å². The van der Waals surface area contributed by atoms with Gasteiger partial charge in [-0.1, -0.05) is 37.6 Å². The van der Waals surface area contributed by atoms with E-state index < -0.39 is 11.8 Å². The highest BCUT2D eigenvalue weighted by molar-refractivity contribution is 6.14. The Morgan fingerprint density at radius 1 is 0.818 bits per heavy atom. The standard InChI is InChI=1S/C26H28N2O5/c1-2-17-11-20(13-18-3-7-22(8-4-18)32-15-24(27)29)26(31)21(12-17)14-19-5-9-23(10-6-19)33-16-25(28)30/h3-10,13-14,17H,2,11-12,15-16H2,1H3,(H2,27,29)(H2,28,30). The number of Topliss-reactive ketones (excluding diaryl/α,β-unsaturated/α-hetero) is 1. The zero-order valence-corrected chi connectivity index (χ0v) is 18.6. The lowest BCUT2D eigenvalue weighted by atomic mass is 9.78. The van der Waals surface area contributed by atoms with E-state index >= 15 is 0 Å². The molecular weight excluding hydrogens is 420 g/mol. The van der Waals surface area contributed by atoms with Crippen molar-refractivity contribution in [2.24, 2.45) is 17.4 Å². The molecule has 2 aromatic carbocycles. The molecular formula is C26H28N2O5. The number of carbonyl (C=O) groups excluding carboxylic acids is 3. The molecule has 0 spiro atoms. The van der Waals surface area contributed by atoms with Crippen LogP contribution in [-0.2, 0) is 14.4 Å². The topological polar surface area (TPSA) is 122 Å². The molecule has 0 bridgehead atoms. The van der Waals surface area contributed by atoms with Crippen molar-refractivity contribution in [2.45, 2.75) is 26.2 Å². The van der Waals surface area contributed by atoms with E-state index in [1.54, 1.807) is 24.3 Å². The summed E-state index contributed by atoms with van der Waals surface area (Å²) in [7, 11) is 0. The van der Waals surface area contributed by atoms with Crippen LogP contribution in [-0.4, -0.2) is 30.8 Å². The summed E-state index contributed by atoms with van der Waals surface area (Å²) in [6.45, 7) is 1.78. The quantitative estimate of drug-likeness (QED) is 0.570. The normalized spacial score (nSPS) is 18.3. The lowest BCUT2D eigenvalue weighted by molar-refractivity contribution is -0.120. The van der Waals surface area contributed by atoms with Crippen LogP contribution in [0, 0.1) is 5.92 Å². The minimum Gasteiger partial charge on any atom is -0.484 e. The van der Waals surface area contributed by atoms with Gasteiger partial charge in [0, 0.05) is 11.1 Å². The zero-order valence-electron chi connectivity index (χ0n) is 18.6. The number of primary amides is 2. The van der Waals surface area contributed by atoms with Crippen molar-refractivity contribution >= 4 is 29.7 Å². The Balaban J connectivity index is 1.77. The fraction of sp³-hybridized carbons (Fsp3) is 0.269. The number of hydrogen-bond acceptors (Lipinski definition) is 5. The van der Waals surface area contributed by atoms with Gasteiger partial charge < -0.3 is 20.9 Å². The Labute approximate surface area is 193 Å². The molecule has 0 saturated heterocycles. The fourth-order valence-electron chi connectivity index (χ4n) is 3.66. The summed E-state index contributed by atoms with van der Waals surface area (Å²) in [5, 5.41) is 0. The Morgan fingerprint density at radius 2 is 1.21 bits per heavy atom. The lowest BCUT2D eigenvalue weighted by Gasteiger charge is -2.25. The molecule has 0 unspecified atom stereocenters. The van der Waals surface area contributed by atoms with E-state index in [-0.39, 0.29) is 19.0 Å². The maximum absolute atomic E-state index is 13.2. The van der Waals surface area contributed by atoms with Gasteiger partial charge in [-0.2, -0.15) is 0 Å². The third-order valence-corrected chi connectivity index (χ3v) is 5.38.